The highest BCUT2D eigenvalue weighted by Crippen LogP contribution is 2.29. The molecular formula is C13H18N6O. The highest BCUT2D eigenvalue weighted by Gasteiger charge is 2.36. The second-order valence-electron chi connectivity index (χ2n) is 5.63. The molecule has 0 saturated carbocycles. The smallest absolute Gasteiger partial charge is 0.245 e. The maximum Gasteiger partial charge on any atom is 0.245 e. The second kappa shape index (κ2) is 4.59. The van der Waals surface area contributed by atoms with Crippen molar-refractivity contribution in [2.45, 2.75) is 25.8 Å². The fourth-order valence-corrected chi connectivity index (χ4v) is 3.29. The van der Waals surface area contributed by atoms with Crippen molar-refractivity contribution in [1.29, 1.82) is 0 Å². The van der Waals surface area contributed by atoms with Crippen LogP contribution in [0, 0.1) is 12.8 Å². The van der Waals surface area contributed by atoms with Gasteiger partial charge in [0.2, 0.25) is 5.95 Å². The van der Waals surface area contributed by atoms with E-state index in [4.69, 9.17) is 4.52 Å². The molecule has 2 unspecified atom stereocenters. The van der Waals surface area contributed by atoms with E-state index in [0.717, 1.165) is 37.3 Å². The van der Waals surface area contributed by atoms with Crippen LogP contribution in [0.3, 0.4) is 0 Å². The van der Waals surface area contributed by atoms with Crippen molar-refractivity contribution < 1.29 is 4.52 Å². The molecule has 4 heterocycles. The molecule has 4 rings (SSSR count). The van der Waals surface area contributed by atoms with Gasteiger partial charge in [0, 0.05) is 31.7 Å². The quantitative estimate of drug-likeness (QED) is 0.848. The number of nitrogens with zero attached hydrogens (tertiary/aromatic N) is 4. The lowest BCUT2D eigenvalue weighted by atomic mass is 9.92. The van der Waals surface area contributed by atoms with Crippen LogP contribution < -0.4 is 10.2 Å². The van der Waals surface area contributed by atoms with Crippen LogP contribution in [0.15, 0.2) is 10.6 Å². The lowest BCUT2D eigenvalue weighted by Gasteiger charge is -2.36. The van der Waals surface area contributed by atoms with E-state index in [1.807, 2.05) is 13.0 Å². The Balaban J connectivity index is 1.61. The van der Waals surface area contributed by atoms with Gasteiger partial charge in [0.25, 0.3) is 0 Å². The highest BCUT2D eigenvalue weighted by molar-refractivity contribution is 5.51. The summed E-state index contributed by atoms with van der Waals surface area (Å²) in [6, 6.07) is 2.38. The fraction of sp³-hybridized carbons (Fsp3) is 0.615. The van der Waals surface area contributed by atoms with Crippen molar-refractivity contribution in [3.8, 4) is 11.5 Å². The molecule has 2 aromatic heterocycles. The third-order valence-electron chi connectivity index (χ3n) is 4.28. The number of hydrogen-bond donors (Lipinski definition) is 2. The van der Waals surface area contributed by atoms with Gasteiger partial charge in [0.1, 0.15) is 5.76 Å². The van der Waals surface area contributed by atoms with Crippen LogP contribution in [0.1, 0.15) is 18.6 Å². The first-order chi connectivity index (χ1) is 9.81. The average molecular weight is 274 g/mol. The minimum absolute atomic E-state index is 0.520. The summed E-state index contributed by atoms with van der Waals surface area (Å²) < 4.78 is 5.08. The molecule has 2 N–H and O–H groups in total. The normalized spacial score (nSPS) is 25.9. The maximum absolute atomic E-state index is 5.08. The van der Waals surface area contributed by atoms with Gasteiger partial charge in [0.05, 0.1) is 0 Å². The number of piperidine rings is 1. The first-order valence-electron chi connectivity index (χ1n) is 7.15. The van der Waals surface area contributed by atoms with E-state index < -0.39 is 0 Å². The van der Waals surface area contributed by atoms with Gasteiger partial charge < -0.3 is 14.7 Å². The molecule has 2 fully saturated rings. The van der Waals surface area contributed by atoms with Gasteiger partial charge in [-0.15, -0.1) is 5.10 Å². The van der Waals surface area contributed by atoms with E-state index in [1.165, 1.54) is 12.8 Å². The molecule has 0 aromatic carbocycles. The summed E-state index contributed by atoms with van der Waals surface area (Å²) in [4.78, 5) is 6.91. The highest BCUT2D eigenvalue weighted by atomic mass is 16.5. The van der Waals surface area contributed by atoms with Crippen LogP contribution in [-0.4, -0.2) is 46.0 Å². The van der Waals surface area contributed by atoms with E-state index in [1.54, 1.807) is 0 Å². The van der Waals surface area contributed by atoms with Gasteiger partial charge in [-0.2, -0.15) is 4.98 Å². The number of aromatic amines is 1. The predicted octanol–water partition coefficient (Wildman–Crippen LogP) is 0.956. The first kappa shape index (κ1) is 11.9. The third kappa shape index (κ3) is 1.89. The molecule has 0 aliphatic carbocycles. The minimum Gasteiger partial charge on any atom is -0.361 e. The van der Waals surface area contributed by atoms with E-state index >= 15 is 0 Å². The number of fused-ring (bicyclic) bond motifs is 1. The molecule has 2 atom stereocenters. The number of hydrogen-bond acceptors (Lipinski definition) is 6. The molecule has 7 heteroatoms. The van der Waals surface area contributed by atoms with Gasteiger partial charge >= 0.3 is 0 Å². The number of aryl methyl sites for hydroxylation is 1. The number of H-pyrrole nitrogens is 1. The standard InChI is InChI=1S/C13H18N6O/c1-8-5-10(18-20-8)12-15-13(17-16-12)19-4-2-3-9-6-14-7-11(9)19/h5,9,11,14H,2-4,6-7H2,1H3,(H,15,16,17). The van der Waals surface area contributed by atoms with Crippen molar-refractivity contribution >= 4 is 5.95 Å². The van der Waals surface area contributed by atoms with E-state index in [2.05, 4.69) is 30.6 Å². The monoisotopic (exact) mass is 274 g/mol. The van der Waals surface area contributed by atoms with Crippen molar-refractivity contribution in [2.24, 2.45) is 5.92 Å². The summed E-state index contributed by atoms with van der Waals surface area (Å²) in [6.45, 7) is 5.03. The number of aromatic nitrogens is 4. The zero-order chi connectivity index (χ0) is 13.5. The summed E-state index contributed by atoms with van der Waals surface area (Å²) in [6.07, 6.45) is 2.50. The largest absolute Gasteiger partial charge is 0.361 e. The molecule has 0 spiro atoms. The van der Waals surface area contributed by atoms with Gasteiger partial charge in [0.15, 0.2) is 11.5 Å². The van der Waals surface area contributed by atoms with Gasteiger partial charge in [-0.3, -0.25) is 5.10 Å². The van der Waals surface area contributed by atoms with Crippen LogP contribution in [0.5, 0.6) is 0 Å². The number of rotatable bonds is 2. The molecule has 2 aromatic rings. The lowest BCUT2D eigenvalue weighted by Crippen LogP contribution is -2.45. The fourth-order valence-electron chi connectivity index (χ4n) is 3.29. The molecular weight excluding hydrogens is 256 g/mol. The van der Waals surface area contributed by atoms with Gasteiger partial charge in [-0.05, 0) is 25.7 Å². The summed E-state index contributed by atoms with van der Waals surface area (Å²) in [5.74, 6) is 2.94. The average Bonchev–Trinajstić information content (AvgIpc) is 3.17. The molecule has 2 saturated heterocycles. The van der Waals surface area contributed by atoms with Crippen molar-refractivity contribution in [3.05, 3.63) is 11.8 Å². The van der Waals surface area contributed by atoms with Crippen LogP contribution in [0.25, 0.3) is 11.5 Å². The molecule has 0 radical (unpaired) electrons. The van der Waals surface area contributed by atoms with E-state index in [0.29, 0.717) is 17.6 Å². The SMILES string of the molecule is Cc1cc(-c2nc(N3CCCC4CNCC43)n[nH]2)no1. The first-order valence-corrected chi connectivity index (χ1v) is 7.15. The Bertz CT molecular complexity index is 606. The van der Waals surface area contributed by atoms with Crippen LogP contribution >= 0.6 is 0 Å². The number of nitrogens with one attached hydrogen (secondary N) is 2. The predicted molar refractivity (Wildman–Crippen MR) is 73.3 cm³/mol. The third-order valence-corrected chi connectivity index (χ3v) is 4.28. The Morgan fingerprint density at radius 1 is 1.40 bits per heavy atom. The maximum atomic E-state index is 5.08. The minimum atomic E-state index is 0.520. The summed E-state index contributed by atoms with van der Waals surface area (Å²) in [5.41, 5.74) is 0.708. The molecule has 106 valence electrons. The van der Waals surface area contributed by atoms with Crippen LogP contribution in [0.2, 0.25) is 0 Å². The topological polar surface area (TPSA) is 82.9 Å². The summed E-state index contributed by atoms with van der Waals surface area (Å²) >= 11 is 0. The molecule has 2 aliphatic rings. The molecule has 7 nitrogen and oxygen atoms in total. The molecule has 2 aliphatic heterocycles. The lowest BCUT2D eigenvalue weighted by molar-refractivity contribution is 0.381. The van der Waals surface area contributed by atoms with Crippen LogP contribution in [-0.2, 0) is 0 Å². The van der Waals surface area contributed by atoms with E-state index in [9.17, 15) is 0 Å². The van der Waals surface area contributed by atoms with Crippen molar-refractivity contribution in [3.63, 3.8) is 0 Å². The summed E-state index contributed by atoms with van der Waals surface area (Å²) in [7, 11) is 0. The van der Waals surface area contributed by atoms with E-state index in [-0.39, 0.29) is 0 Å². The van der Waals surface area contributed by atoms with Crippen molar-refractivity contribution in [2.75, 3.05) is 24.5 Å². The number of anilines is 1. The molecule has 0 amide bonds. The molecule has 20 heavy (non-hydrogen) atoms. The second-order valence-corrected chi connectivity index (χ2v) is 5.63. The van der Waals surface area contributed by atoms with Gasteiger partial charge in [-0.1, -0.05) is 5.16 Å². The summed E-state index contributed by atoms with van der Waals surface area (Å²) in [5, 5.41) is 14.8. The van der Waals surface area contributed by atoms with Crippen LogP contribution in [0.4, 0.5) is 5.95 Å². The van der Waals surface area contributed by atoms with Gasteiger partial charge in [-0.25, -0.2) is 0 Å². The Labute approximate surface area is 116 Å². The Morgan fingerprint density at radius 3 is 3.20 bits per heavy atom. The zero-order valence-electron chi connectivity index (χ0n) is 11.5. The zero-order valence-corrected chi connectivity index (χ0v) is 11.5. The Hall–Kier alpha value is -1.89. The Morgan fingerprint density at radius 2 is 2.35 bits per heavy atom. The molecule has 0 bridgehead atoms. The Kier molecular flexibility index (Phi) is 2.73. The van der Waals surface area contributed by atoms with Crippen molar-refractivity contribution in [1.82, 2.24) is 25.7 Å².